The van der Waals surface area contributed by atoms with Crippen LogP contribution < -0.4 is 11.1 Å². The van der Waals surface area contributed by atoms with Gasteiger partial charge in [0.2, 0.25) is 6.04 Å². The Morgan fingerprint density at radius 1 is 1.19 bits per heavy atom. The fourth-order valence-corrected chi connectivity index (χ4v) is 5.10. The quantitative estimate of drug-likeness (QED) is 0.721. The van der Waals surface area contributed by atoms with E-state index >= 15 is 0 Å². The first-order valence-corrected chi connectivity index (χ1v) is 7.88. The molecule has 21 heavy (non-hydrogen) atoms. The van der Waals surface area contributed by atoms with Gasteiger partial charge in [0.1, 0.15) is 0 Å². The summed E-state index contributed by atoms with van der Waals surface area (Å²) in [5.74, 6) is 1.56. The topological polar surface area (TPSA) is 104 Å². The summed E-state index contributed by atoms with van der Waals surface area (Å²) in [6.07, 6.45) is 6.95. The van der Waals surface area contributed by atoms with E-state index in [0.717, 1.165) is 17.8 Å². The lowest BCUT2D eigenvalue weighted by Crippen LogP contribution is -2.50. The highest BCUT2D eigenvalue weighted by atomic mass is 16.5. The molecule has 0 radical (unpaired) electrons. The number of alkyl carbamates (subject to hydrolysis) is 1. The van der Waals surface area contributed by atoms with E-state index in [0.29, 0.717) is 6.61 Å². The molecular weight excluding hydrogens is 272 g/mol. The molecule has 0 aliphatic heterocycles. The first kappa shape index (κ1) is 14.6. The van der Waals surface area contributed by atoms with E-state index in [1.807, 2.05) is 0 Å². The third-order valence-corrected chi connectivity index (χ3v) is 5.52. The smallest absolute Gasteiger partial charge is 0.540 e. The van der Waals surface area contributed by atoms with Crippen molar-refractivity contribution in [1.82, 2.24) is 5.32 Å². The summed E-state index contributed by atoms with van der Waals surface area (Å²) in [5, 5.41) is 9.38. The fourth-order valence-electron chi connectivity index (χ4n) is 5.10. The highest BCUT2D eigenvalue weighted by molar-refractivity contribution is 5.80. The van der Waals surface area contributed by atoms with Gasteiger partial charge in [0.25, 0.3) is 0 Å². The van der Waals surface area contributed by atoms with Gasteiger partial charge in [-0.25, -0.2) is 4.79 Å². The predicted molar refractivity (Wildman–Crippen MR) is 76.6 cm³/mol. The summed E-state index contributed by atoms with van der Waals surface area (Å²) >= 11 is 0. The minimum absolute atomic E-state index is 0.0746. The number of carbonyl (C=O) groups is 2. The van der Waals surface area contributed by atoms with Crippen LogP contribution in [0.5, 0.6) is 0 Å². The number of nitrogens with one attached hydrogen (secondary N) is 1. The predicted octanol–water partition coefficient (Wildman–Crippen LogP) is 0.507. The van der Waals surface area contributed by atoms with Gasteiger partial charge in [0, 0.05) is 16.8 Å². The summed E-state index contributed by atoms with van der Waals surface area (Å²) in [6, 6.07) is -0.964. The second-order valence-corrected chi connectivity index (χ2v) is 7.29. The SMILES string of the molecule is NC[C@H](NC(=O)OCC12CC3CC(CC(C3)C1)C2)C(=O)[OH2+]. The van der Waals surface area contributed by atoms with Gasteiger partial charge in [-0.05, 0) is 56.3 Å². The maximum absolute atomic E-state index is 11.8. The molecule has 6 heteroatoms. The van der Waals surface area contributed by atoms with Crippen molar-refractivity contribution in [2.45, 2.75) is 44.6 Å². The zero-order valence-corrected chi connectivity index (χ0v) is 12.3. The largest absolute Gasteiger partial charge is 0.563 e. The molecule has 0 spiro atoms. The molecule has 1 amide bonds. The average molecular weight is 297 g/mol. The molecule has 0 saturated heterocycles. The van der Waals surface area contributed by atoms with Crippen LogP contribution in [-0.4, -0.2) is 36.4 Å². The van der Waals surface area contributed by atoms with Crippen LogP contribution in [0.1, 0.15) is 38.5 Å². The minimum atomic E-state index is -0.964. The number of rotatable bonds is 5. The summed E-state index contributed by atoms with van der Waals surface area (Å²) in [4.78, 5) is 22.7. The zero-order valence-electron chi connectivity index (χ0n) is 12.3. The van der Waals surface area contributed by atoms with Crippen molar-refractivity contribution in [3.05, 3.63) is 0 Å². The Kier molecular flexibility index (Phi) is 3.82. The molecule has 0 unspecified atom stereocenters. The van der Waals surface area contributed by atoms with Crippen molar-refractivity contribution in [2.75, 3.05) is 13.2 Å². The molecule has 4 saturated carbocycles. The third-order valence-electron chi connectivity index (χ3n) is 5.52. The van der Waals surface area contributed by atoms with Crippen LogP contribution in [0.4, 0.5) is 4.79 Å². The molecule has 4 fully saturated rings. The number of hydrogen-bond acceptors (Lipinski definition) is 4. The van der Waals surface area contributed by atoms with Crippen molar-refractivity contribution in [3.8, 4) is 0 Å². The Morgan fingerprint density at radius 3 is 2.14 bits per heavy atom. The molecule has 1 atom stereocenters. The van der Waals surface area contributed by atoms with Crippen LogP contribution in [-0.2, 0) is 9.53 Å². The van der Waals surface area contributed by atoms with E-state index in [1.54, 1.807) is 0 Å². The molecule has 118 valence electrons. The molecule has 4 aliphatic rings. The number of carbonyl (C=O) groups excluding carboxylic acids is 2. The lowest BCUT2D eigenvalue weighted by atomic mass is 9.50. The van der Waals surface area contributed by atoms with Crippen molar-refractivity contribution < 1.29 is 19.4 Å². The average Bonchev–Trinajstić information content (AvgIpc) is 2.41. The summed E-state index contributed by atoms with van der Waals surface area (Å²) < 4.78 is 5.37. The molecular formula is C15H25N2O4+. The number of amides is 1. The Bertz CT molecular complexity index is 402. The Balaban J connectivity index is 1.53. The Labute approximate surface area is 124 Å². The molecule has 4 aliphatic carbocycles. The minimum Gasteiger partial charge on any atom is -0.563 e. The van der Waals surface area contributed by atoms with E-state index in [9.17, 15) is 9.59 Å². The highest BCUT2D eigenvalue weighted by Gasteiger charge is 2.51. The Hall–Kier alpha value is -1.30. The highest BCUT2D eigenvalue weighted by Crippen LogP contribution is 2.60. The number of ether oxygens (including phenoxy) is 1. The lowest BCUT2D eigenvalue weighted by molar-refractivity contribution is -0.139. The summed E-state index contributed by atoms with van der Waals surface area (Å²) in [5.41, 5.74) is 5.52. The van der Waals surface area contributed by atoms with E-state index in [-0.39, 0.29) is 12.0 Å². The standard InChI is InChI=1S/C15H24N2O4/c16-7-12(13(18)19)17-14(20)21-8-15-4-9-1-10(5-15)3-11(2-9)6-15/h9-12H,1-8,16H2,(H,17,20)(H,18,19)/p+1/t9?,10?,11?,12-,15?/m0/s1. The van der Waals surface area contributed by atoms with E-state index in [4.69, 9.17) is 15.6 Å². The number of hydrogen-bond donors (Lipinski definition) is 2. The molecule has 6 nitrogen and oxygen atoms in total. The van der Waals surface area contributed by atoms with E-state index < -0.39 is 18.1 Å². The van der Waals surface area contributed by atoms with Gasteiger partial charge in [-0.1, -0.05) is 0 Å². The molecule has 0 aromatic heterocycles. The number of nitrogens with two attached hydrogens (primary N) is 1. The van der Waals surface area contributed by atoms with Crippen molar-refractivity contribution in [1.29, 1.82) is 0 Å². The van der Waals surface area contributed by atoms with E-state index in [2.05, 4.69) is 5.32 Å². The van der Waals surface area contributed by atoms with Crippen LogP contribution in [0.3, 0.4) is 0 Å². The van der Waals surface area contributed by atoms with Gasteiger partial charge >= 0.3 is 12.1 Å². The lowest BCUT2D eigenvalue weighted by Gasteiger charge is -2.56. The van der Waals surface area contributed by atoms with Crippen molar-refractivity contribution in [3.63, 3.8) is 0 Å². The molecule has 0 aromatic rings. The van der Waals surface area contributed by atoms with Crippen molar-refractivity contribution in [2.24, 2.45) is 28.9 Å². The second-order valence-electron chi connectivity index (χ2n) is 7.29. The monoisotopic (exact) mass is 297 g/mol. The van der Waals surface area contributed by atoms with Crippen LogP contribution in [0.15, 0.2) is 0 Å². The van der Waals surface area contributed by atoms with Crippen molar-refractivity contribution >= 4 is 12.1 Å². The zero-order chi connectivity index (χ0) is 15.0. The normalized spacial score (nSPS) is 38.0. The second kappa shape index (κ2) is 5.48. The van der Waals surface area contributed by atoms with E-state index in [1.165, 1.54) is 38.5 Å². The Morgan fingerprint density at radius 2 is 1.71 bits per heavy atom. The molecule has 4 bridgehead atoms. The van der Waals surface area contributed by atoms with Crippen LogP contribution in [0, 0.1) is 23.2 Å². The van der Waals surface area contributed by atoms with Gasteiger partial charge in [-0.2, -0.15) is 0 Å². The summed E-state index contributed by atoms with van der Waals surface area (Å²) in [6.45, 7) is 0.362. The van der Waals surface area contributed by atoms with Gasteiger partial charge in [-0.15, -0.1) is 0 Å². The third kappa shape index (κ3) is 3.00. The fraction of sp³-hybridized carbons (Fsp3) is 0.867. The van der Waals surface area contributed by atoms with Gasteiger partial charge < -0.3 is 20.9 Å². The van der Waals surface area contributed by atoms with Gasteiger partial charge in [0.15, 0.2) is 0 Å². The van der Waals surface area contributed by atoms with Crippen LogP contribution in [0.2, 0.25) is 0 Å². The first-order chi connectivity index (χ1) is 9.99. The van der Waals surface area contributed by atoms with Crippen LogP contribution >= 0.6 is 0 Å². The molecule has 5 N–H and O–H groups in total. The van der Waals surface area contributed by atoms with Gasteiger partial charge in [-0.3, -0.25) is 0 Å². The maximum Gasteiger partial charge on any atom is 0.540 e. The van der Waals surface area contributed by atoms with Gasteiger partial charge in [0.05, 0.1) is 6.61 Å². The molecule has 0 aromatic carbocycles. The molecule has 4 rings (SSSR count). The summed E-state index contributed by atoms with van der Waals surface area (Å²) in [7, 11) is 0. The maximum atomic E-state index is 11.8. The first-order valence-electron chi connectivity index (χ1n) is 7.88. The molecule has 0 heterocycles. The van der Waals surface area contributed by atoms with Crippen LogP contribution in [0.25, 0.3) is 0 Å².